The summed E-state index contributed by atoms with van der Waals surface area (Å²) in [5.74, 6) is 1.37. The Hall–Kier alpha value is -4.04. The van der Waals surface area contributed by atoms with Crippen LogP contribution in [-0.4, -0.2) is 83.6 Å². The second-order valence-corrected chi connectivity index (χ2v) is 14.4. The van der Waals surface area contributed by atoms with Crippen molar-refractivity contribution in [2.24, 2.45) is 5.41 Å². The smallest absolute Gasteiger partial charge is 0.319 e. The molecule has 2 unspecified atom stereocenters. The van der Waals surface area contributed by atoms with E-state index in [1.807, 2.05) is 0 Å². The van der Waals surface area contributed by atoms with Gasteiger partial charge in [0.2, 0.25) is 0 Å². The number of phenols is 1. The first-order valence-corrected chi connectivity index (χ1v) is 16.7. The highest BCUT2D eigenvalue weighted by molar-refractivity contribution is 6.04. The second-order valence-electron chi connectivity index (χ2n) is 14.4. The number of piperazine rings is 1. The summed E-state index contributed by atoms with van der Waals surface area (Å²) in [5, 5.41) is 15.6. The summed E-state index contributed by atoms with van der Waals surface area (Å²) in [6.45, 7) is 5.34. The zero-order chi connectivity index (χ0) is 31.9. The molecular formula is C37H37F2N5O3. The normalized spacial score (nSPS) is 24.1. The molecule has 3 aromatic carbocycles. The third-order valence-corrected chi connectivity index (χ3v) is 10.9. The summed E-state index contributed by atoms with van der Waals surface area (Å²) in [6.07, 6.45) is 12.3. The van der Waals surface area contributed by atoms with E-state index in [-0.39, 0.29) is 51.5 Å². The van der Waals surface area contributed by atoms with Crippen molar-refractivity contribution < 1.29 is 23.4 Å². The number of nitrogens with one attached hydrogen (secondary N) is 1. The molecule has 2 saturated carbocycles. The summed E-state index contributed by atoms with van der Waals surface area (Å²) in [7, 11) is 0. The number of terminal acetylenes is 1. The molecule has 9 rings (SSSR count). The van der Waals surface area contributed by atoms with Gasteiger partial charge in [-0.1, -0.05) is 18.1 Å². The highest BCUT2D eigenvalue weighted by Crippen LogP contribution is 2.49. The molecule has 47 heavy (non-hydrogen) atoms. The molecule has 4 heterocycles. The Bertz CT molecular complexity index is 1960. The predicted molar refractivity (Wildman–Crippen MR) is 176 cm³/mol. The second kappa shape index (κ2) is 10.7. The van der Waals surface area contributed by atoms with Gasteiger partial charge in [0.05, 0.1) is 24.4 Å². The van der Waals surface area contributed by atoms with Gasteiger partial charge in [0.15, 0.2) is 5.82 Å². The fourth-order valence-electron chi connectivity index (χ4n) is 8.13. The lowest BCUT2D eigenvalue weighted by Crippen LogP contribution is -2.51. The van der Waals surface area contributed by atoms with E-state index in [0.29, 0.717) is 47.2 Å². The van der Waals surface area contributed by atoms with Crippen molar-refractivity contribution in [2.45, 2.75) is 56.2 Å². The van der Waals surface area contributed by atoms with Gasteiger partial charge in [0.1, 0.15) is 22.9 Å². The summed E-state index contributed by atoms with van der Waals surface area (Å²) < 4.78 is 45.6. The number of nitrogens with zero attached hydrogens (tertiary/aromatic N) is 4. The van der Waals surface area contributed by atoms with Crippen molar-refractivity contribution in [1.82, 2.24) is 20.2 Å². The van der Waals surface area contributed by atoms with Crippen LogP contribution in [0.1, 0.15) is 44.1 Å². The first kappa shape index (κ1) is 29.1. The Balaban J connectivity index is 1.12. The van der Waals surface area contributed by atoms with E-state index in [1.54, 1.807) is 18.2 Å². The Morgan fingerprint density at radius 1 is 1.09 bits per heavy atom. The molecule has 3 aliphatic heterocycles. The lowest BCUT2D eigenvalue weighted by Gasteiger charge is -2.35. The van der Waals surface area contributed by atoms with Gasteiger partial charge in [0.25, 0.3) is 0 Å². The number of rotatable bonds is 7. The highest BCUT2D eigenvalue weighted by atomic mass is 19.1. The summed E-state index contributed by atoms with van der Waals surface area (Å²) >= 11 is 0. The minimum Gasteiger partial charge on any atom is -0.508 e. The van der Waals surface area contributed by atoms with Gasteiger partial charge in [-0.3, -0.25) is 4.90 Å². The largest absolute Gasteiger partial charge is 0.508 e. The number of fused-ring (bicyclic) bond motifs is 4. The van der Waals surface area contributed by atoms with Gasteiger partial charge in [-0.2, -0.15) is 9.97 Å². The zero-order valence-electron chi connectivity index (χ0n) is 26.2. The molecule has 1 spiro atoms. The average Bonchev–Trinajstić information content (AvgIpc) is 3.98. The minimum atomic E-state index is -0.838. The monoisotopic (exact) mass is 637 g/mol. The molecule has 10 heteroatoms. The van der Waals surface area contributed by atoms with Crippen molar-refractivity contribution in [3.63, 3.8) is 0 Å². The van der Waals surface area contributed by atoms with E-state index >= 15 is 8.78 Å². The number of ether oxygens (including phenoxy) is 2. The molecule has 2 atom stereocenters. The van der Waals surface area contributed by atoms with E-state index in [4.69, 9.17) is 20.9 Å². The molecule has 2 N–H and O–H groups in total. The van der Waals surface area contributed by atoms with Crippen LogP contribution in [0.5, 0.6) is 11.8 Å². The zero-order valence-corrected chi connectivity index (χ0v) is 26.2. The Morgan fingerprint density at radius 3 is 2.64 bits per heavy atom. The quantitative estimate of drug-likeness (QED) is 0.262. The summed E-state index contributed by atoms with van der Waals surface area (Å²) in [4.78, 5) is 14.1. The van der Waals surface area contributed by atoms with Crippen LogP contribution in [0.25, 0.3) is 32.8 Å². The molecule has 2 bridgehead atoms. The SMILES string of the molecule is C#Cc1cccc2cc(O)cc(-c3c(F)cc4c(N5CC6CCC(C5)N6)nc(OCC5(CN6CCOC7(CC7)C6)CC5)nc4c3F)c12. The van der Waals surface area contributed by atoms with Crippen molar-refractivity contribution >= 4 is 27.5 Å². The van der Waals surface area contributed by atoms with E-state index < -0.39 is 11.6 Å². The Kier molecular flexibility index (Phi) is 6.66. The Labute approximate surface area is 272 Å². The third-order valence-electron chi connectivity index (χ3n) is 10.9. The molecule has 1 aromatic heterocycles. The summed E-state index contributed by atoms with van der Waals surface area (Å²) in [6, 6.07) is 10.1. The third kappa shape index (κ3) is 5.16. The standard InChI is InChI=1S/C37H37F2N5O3/c1-2-22-4-3-5-23-14-26(45)15-27(30(22)23)31-29(38)16-28-33(32(31)39)41-35(42-34(28)44-17-24-6-7-25(18-44)40-24)46-21-36(8-9-36)19-43-12-13-47-37(20-43)10-11-37/h1,3-5,14-16,24-25,40,45H,6-13,17-21H2. The number of hydrogen-bond acceptors (Lipinski definition) is 8. The van der Waals surface area contributed by atoms with Crippen LogP contribution in [0.4, 0.5) is 14.6 Å². The van der Waals surface area contributed by atoms with Crippen LogP contribution in [0.3, 0.4) is 0 Å². The maximum atomic E-state index is 16.9. The van der Waals surface area contributed by atoms with Crippen molar-refractivity contribution in [1.29, 1.82) is 0 Å². The van der Waals surface area contributed by atoms with E-state index in [9.17, 15) is 5.11 Å². The first-order valence-electron chi connectivity index (χ1n) is 16.7. The molecule has 242 valence electrons. The number of benzene rings is 3. The highest BCUT2D eigenvalue weighted by Gasteiger charge is 2.51. The fraction of sp³-hybridized carbons (Fsp3) is 0.459. The predicted octanol–water partition coefficient (Wildman–Crippen LogP) is 5.38. The molecule has 3 saturated heterocycles. The number of halogens is 2. The van der Waals surface area contributed by atoms with Gasteiger partial charge in [-0.25, -0.2) is 8.78 Å². The first-order chi connectivity index (χ1) is 22.8. The van der Waals surface area contributed by atoms with E-state index in [1.165, 1.54) is 18.2 Å². The van der Waals surface area contributed by atoms with Crippen LogP contribution in [-0.2, 0) is 4.74 Å². The molecule has 8 nitrogen and oxygen atoms in total. The number of phenolic OH excluding ortho intramolecular Hbond substituents is 1. The van der Waals surface area contributed by atoms with Crippen LogP contribution < -0.4 is 15.0 Å². The van der Waals surface area contributed by atoms with Crippen LogP contribution in [0, 0.1) is 29.4 Å². The molecule has 0 amide bonds. The minimum absolute atomic E-state index is 0.00133. The fourth-order valence-corrected chi connectivity index (χ4v) is 8.13. The molecule has 5 aliphatic rings. The van der Waals surface area contributed by atoms with Crippen LogP contribution in [0.2, 0.25) is 0 Å². The lowest BCUT2D eigenvalue weighted by molar-refractivity contribution is -0.0532. The maximum Gasteiger partial charge on any atom is 0.319 e. The maximum absolute atomic E-state index is 16.9. The molecule has 5 fully saturated rings. The van der Waals surface area contributed by atoms with E-state index in [2.05, 4.69) is 26.0 Å². The van der Waals surface area contributed by atoms with Crippen molar-refractivity contribution in [3.8, 4) is 35.2 Å². The molecule has 2 aliphatic carbocycles. The van der Waals surface area contributed by atoms with Gasteiger partial charge in [0, 0.05) is 72.1 Å². The molecule has 4 aromatic rings. The van der Waals surface area contributed by atoms with E-state index in [0.717, 1.165) is 64.8 Å². The van der Waals surface area contributed by atoms with Gasteiger partial charge < -0.3 is 24.8 Å². The number of aromatic nitrogens is 2. The van der Waals surface area contributed by atoms with Crippen molar-refractivity contribution in [2.75, 3.05) is 50.8 Å². The van der Waals surface area contributed by atoms with Crippen molar-refractivity contribution in [3.05, 3.63) is 53.6 Å². The number of aromatic hydroxyl groups is 1. The van der Waals surface area contributed by atoms with Crippen LogP contribution >= 0.6 is 0 Å². The lowest BCUT2D eigenvalue weighted by atomic mass is 9.93. The average molecular weight is 638 g/mol. The number of morpholine rings is 1. The Morgan fingerprint density at radius 2 is 1.89 bits per heavy atom. The topological polar surface area (TPSA) is 83.0 Å². The molecule has 0 radical (unpaired) electrons. The number of anilines is 1. The van der Waals surface area contributed by atoms with Gasteiger partial charge in [-0.15, -0.1) is 6.42 Å². The molecular weight excluding hydrogens is 600 g/mol. The van der Waals surface area contributed by atoms with Crippen LogP contribution in [0.15, 0.2) is 36.4 Å². The summed E-state index contributed by atoms with van der Waals surface area (Å²) in [5.41, 5.74) is 0.388. The van der Waals surface area contributed by atoms with Gasteiger partial charge >= 0.3 is 6.01 Å². The van der Waals surface area contributed by atoms with Gasteiger partial charge in [-0.05, 0) is 68.2 Å². The number of hydrogen-bond donors (Lipinski definition) is 2.